The SMILES string of the molecule is Cn1c(N)c(C#N)c(=NCC2CN(Cc3ccncc3)CCO2)n(C)c1=S. The first-order valence-electron chi connectivity index (χ1n) is 8.70. The molecule has 1 saturated heterocycles. The Morgan fingerprint density at radius 2 is 2.11 bits per heavy atom. The molecule has 1 aliphatic heterocycles. The van der Waals surface area contributed by atoms with Gasteiger partial charge in [0, 0.05) is 46.1 Å². The van der Waals surface area contributed by atoms with Crippen molar-refractivity contribution < 1.29 is 4.74 Å². The number of aromatic nitrogens is 3. The van der Waals surface area contributed by atoms with Gasteiger partial charge in [-0.1, -0.05) is 0 Å². The van der Waals surface area contributed by atoms with Gasteiger partial charge in [0.05, 0.1) is 19.3 Å². The van der Waals surface area contributed by atoms with E-state index < -0.39 is 0 Å². The number of ether oxygens (including phenoxy) is 1. The van der Waals surface area contributed by atoms with E-state index in [9.17, 15) is 5.26 Å². The second kappa shape index (κ2) is 8.43. The zero-order chi connectivity index (χ0) is 19.4. The van der Waals surface area contributed by atoms with Crippen LogP contribution in [0.15, 0.2) is 29.5 Å². The van der Waals surface area contributed by atoms with E-state index in [0.29, 0.717) is 34.8 Å². The van der Waals surface area contributed by atoms with Crippen LogP contribution in [0.1, 0.15) is 11.1 Å². The molecule has 3 rings (SSSR count). The highest BCUT2D eigenvalue weighted by atomic mass is 32.1. The lowest BCUT2D eigenvalue weighted by Gasteiger charge is -2.32. The molecule has 3 heterocycles. The fraction of sp³-hybridized carbons (Fsp3) is 0.444. The standard InChI is InChI=1S/C18H23N7OS/c1-23-16(20)15(9-19)17(24(2)18(23)27)22-10-14-12-25(7-8-26-14)11-13-3-5-21-6-4-13/h3-6,14H,7-8,10-12,20H2,1-2H3. The van der Waals surface area contributed by atoms with Crippen LogP contribution in [0.3, 0.4) is 0 Å². The molecule has 9 heteroatoms. The van der Waals surface area contributed by atoms with Gasteiger partial charge in [-0.2, -0.15) is 5.26 Å². The van der Waals surface area contributed by atoms with Crippen LogP contribution < -0.4 is 11.2 Å². The minimum Gasteiger partial charge on any atom is -0.384 e. The average molecular weight is 385 g/mol. The Balaban J connectivity index is 1.78. The van der Waals surface area contributed by atoms with Gasteiger partial charge >= 0.3 is 0 Å². The van der Waals surface area contributed by atoms with Gasteiger partial charge in [-0.05, 0) is 29.9 Å². The van der Waals surface area contributed by atoms with Crippen LogP contribution in [-0.4, -0.2) is 51.4 Å². The number of nitriles is 1. The van der Waals surface area contributed by atoms with Crippen LogP contribution in [0.2, 0.25) is 0 Å². The highest BCUT2D eigenvalue weighted by Gasteiger charge is 2.20. The topological polar surface area (TPSA) is 97.4 Å². The van der Waals surface area contributed by atoms with Crippen molar-refractivity contribution in [2.24, 2.45) is 19.1 Å². The molecule has 2 aromatic heterocycles. The number of nitrogen functional groups attached to an aromatic ring is 1. The van der Waals surface area contributed by atoms with Gasteiger partial charge in [0.1, 0.15) is 17.5 Å². The molecule has 0 bridgehead atoms. The molecule has 0 aromatic carbocycles. The Morgan fingerprint density at radius 3 is 2.81 bits per heavy atom. The summed E-state index contributed by atoms with van der Waals surface area (Å²) in [6, 6.07) is 6.18. The first kappa shape index (κ1) is 19.2. The first-order valence-corrected chi connectivity index (χ1v) is 9.11. The molecular formula is C18H23N7OS. The summed E-state index contributed by atoms with van der Waals surface area (Å²) in [6.07, 6.45) is 3.56. The third kappa shape index (κ3) is 4.24. The Labute approximate surface area is 163 Å². The van der Waals surface area contributed by atoms with Crippen LogP contribution in [0.4, 0.5) is 5.82 Å². The molecule has 0 radical (unpaired) electrons. The molecule has 27 heavy (non-hydrogen) atoms. The lowest BCUT2D eigenvalue weighted by atomic mass is 10.2. The van der Waals surface area contributed by atoms with Gasteiger partial charge in [0.15, 0.2) is 10.3 Å². The number of anilines is 1. The van der Waals surface area contributed by atoms with Crippen molar-refractivity contribution in [3.8, 4) is 6.07 Å². The molecule has 0 spiro atoms. The quantitative estimate of drug-likeness (QED) is 0.780. The van der Waals surface area contributed by atoms with E-state index >= 15 is 0 Å². The van der Waals surface area contributed by atoms with Crippen LogP contribution in [-0.2, 0) is 25.4 Å². The normalized spacial score (nSPS) is 18.4. The zero-order valence-electron chi connectivity index (χ0n) is 15.5. The van der Waals surface area contributed by atoms with Crippen LogP contribution >= 0.6 is 12.2 Å². The molecule has 0 saturated carbocycles. The van der Waals surface area contributed by atoms with Crippen molar-refractivity contribution in [3.05, 3.63) is 45.9 Å². The molecule has 1 fully saturated rings. The molecule has 2 N–H and O–H groups in total. The van der Waals surface area contributed by atoms with Gasteiger partial charge in [0.2, 0.25) is 0 Å². The summed E-state index contributed by atoms with van der Waals surface area (Å²) >= 11 is 5.37. The number of hydrogen-bond acceptors (Lipinski definition) is 7. The Bertz CT molecular complexity index is 974. The van der Waals surface area contributed by atoms with E-state index in [2.05, 4.69) is 20.9 Å². The smallest absolute Gasteiger partial charge is 0.182 e. The summed E-state index contributed by atoms with van der Waals surface area (Å²) in [4.78, 5) is 11.0. The second-order valence-corrected chi connectivity index (χ2v) is 6.89. The van der Waals surface area contributed by atoms with E-state index in [1.807, 2.05) is 12.1 Å². The molecular weight excluding hydrogens is 362 g/mol. The molecule has 142 valence electrons. The third-order valence-electron chi connectivity index (χ3n) is 4.67. The summed E-state index contributed by atoms with van der Waals surface area (Å²) < 4.78 is 9.69. The highest BCUT2D eigenvalue weighted by molar-refractivity contribution is 7.71. The maximum atomic E-state index is 9.49. The number of hydrogen-bond donors (Lipinski definition) is 1. The fourth-order valence-corrected chi connectivity index (χ4v) is 3.31. The Kier molecular flexibility index (Phi) is 6.01. The maximum absolute atomic E-state index is 9.49. The lowest BCUT2D eigenvalue weighted by molar-refractivity contribution is -0.0262. The van der Waals surface area contributed by atoms with Crippen LogP contribution in [0.5, 0.6) is 0 Å². The highest BCUT2D eigenvalue weighted by Crippen LogP contribution is 2.11. The van der Waals surface area contributed by atoms with Crippen LogP contribution in [0.25, 0.3) is 0 Å². The lowest BCUT2D eigenvalue weighted by Crippen LogP contribution is -2.43. The molecule has 8 nitrogen and oxygen atoms in total. The van der Waals surface area contributed by atoms with Crippen molar-refractivity contribution >= 4 is 18.0 Å². The number of pyridine rings is 1. The van der Waals surface area contributed by atoms with Crippen molar-refractivity contribution in [3.63, 3.8) is 0 Å². The van der Waals surface area contributed by atoms with E-state index in [4.69, 9.17) is 22.7 Å². The van der Waals surface area contributed by atoms with Crippen LogP contribution in [0, 0.1) is 16.1 Å². The summed E-state index contributed by atoms with van der Waals surface area (Å²) in [6.45, 7) is 3.59. The molecule has 1 atom stereocenters. The van der Waals surface area contributed by atoms with E-state index in [0.717, 1.165) is 19.6 Å². The van der Waals surface area contributed by atoms with E-state index in [-0.39, 0.29) is 6.10 Å². The number of nitrogens with zero attached hydrogens (tertiary/aromatic N) is 6. The monoisotopic (exact) mass is 385 g/mol. The first-order chi connectivity index (χ1) is 13.0. The van der Waals surface area contributed by atoms with Gasteiger partial charge in [-0.25, -0.2) is 0 Å². The summed E-state index contributed by atoms with van der Waals surface area (Å²) in [5, 5.41) is 9.49. The Hall–Kier alpha value is -2.54. The average Bonchev–Trinajstić information content (AvgIpc) is 2.69. The van der Waals surface area contributed by atoms with Gasteiger partial charge in [0.25, 0.3) is 0 Å². The minimum absolute atomic E-state index is 0.0455. The molecule has 0 aliphatic carbocycles. The van der Waals surface area contributed by atoms with Crippen molar-refractivity contribution in [2.75, 3.05) is 32.0 Å². The van der Waals surface area contributed by atoms with Gasteiger partial charge in [-0.3, -0.25) is 14.9 Å². The minimum atomic E-state index is -0.0455. The molecule has 0 amide bonds. The third-order valence-corrected chi connectivity index (χ3v) is 5.22. The number of rotatable bonds is 4. The molecule has 2 aromatic rings. The van der Waals surface area contributed by atoms with Crippen molar-refractivity contribution in [1.29, 1.82) is 5.26 Å². The summed E-state index contributed by atoms with van der Waals surface area (Å²) in [5.74, 6) is 0.322. The maximum Gasteiger partial charge on any atom is 0.182 e. The second-order valence-electron chi connectivity index (χ2n) is 6.52. The Morgan fingerprint density at radius 1 is 1.37 bits per heavy atom. The van der Waals surface area contributed by atoms with E-state index in [1.165, 1.54) is 5.56 Å². The fourth-order valence-electron chi connectivity index (χ4n) is 3.13. The number of morpholine rings is 1. The largest absolute Gasteiger partial charge is 0.384 e. The van der Waals surface area contributed by atoms with E-state index in [1.54, 1.807) is 35.6 Å². The predicted molar refractivity (Wildman–Crippen MR) is 104 cm³/mol. The van der Waals surface area contributed by atoms with Crippen molar-refractivity contribution in [1.82, 2.24) is 19.0 Å². The van der Waals surface area contributed by atoms with Gasteiger partial charge < -0.3 is 19.6 Å². The van der Waals surface area contributed by atoms with Crippen molar-refractivity contribution in [2.45, 2.75) is 12.6 Å². The zero-order valence-corrected chi connectivity index (χ0v) is 16.3. The number of nitrogens with two attached hydrogens (primary N) is 1. The predicted octanol–water partition coefficient (Wildman–Crippen LogP) is 0.744. The summed E-state index contributed by atoms with van der Waals surface area (Å²) in [7, 11) is 3.53. The molecule has 1 unspecified atom stereocenters. The summed E-state index contributed by atoms with van der Waals surface area (Å²) in [5.41, 5.74) is 8.08. The molecule has 1 aliphatic rings. The van der Waals surface area contributed by atoms with Gasteiger partial charge in [-0.15, -0.1) is 0 Å².